The van der Waals surface area contributed by atoms with Crippen LogP contribution in [0.15, 0.2) is 29.8 Å². The molecule has 0 unspecified atom stereocenters. The maximum Gasteiger partial charge on any atom is 0.119 e. The number of rotatable bonds is 5. The summed E-state index contributed by atoms with van der Waals surface area (Å²) in [6, 6.07) is 8.13. The van der Waals surface area contributed by atoms with Crippen LogP contribution in [0.25, 0.3) is 6.08 Å². The van der Waals surface area contributed by atoms with Gasteiger partial charge in [-0.05, 0) is 37.5 Å². The van der Waals surface area contributed by atoms with Crippen molar-refractivity contribution in [1.29, 1.82) is 0 Å². The fourth-order valence-corrected chi connectivity index (χ4v) is 1.59. The van der Waals surface area contributed by atoms with Crippen molar-refractivity contribution in [3.05, 3.63) is 35.4 Å². The highest BCUT2D eigenvalue weighted by molar-refractivity contribution is 5.54. The van der Waals surface area contributed by atoms with Crippen molar-refractivity contribution >= 4 is 6.08 Å². The molecule has 0 heterocycles. The fraction of sp³-hybridized carbons (Fsp3) is 0.467. The summed E-state index contributed by atoms with van der Waals surface area (Å²) in [5.41, 5.74) is 8.17. The molecule has 0 saturated heterocycles. The predicted molar refractivity (Wildman–Crippen MR) is 74.1 cm³/mol. The molecule has 0 aliphatic carbocycles. The first-order valence-corrected chi connectivity index (χ1v) is 6.20. The Morgan fingerprint density at radius 1 is 1.18 bits per heavy atom. The smallest absolute Gasteiger partial charge is 0.119 e. The van der Waals surface area contributed by atoms with Gasteiger partial charge in [0.15, 0.2) is 0 Å². The first-order chi connectivity index (χ1) is 8.02. The van der Waals surface area contributed by atoms with Crippen LogP contribution in [-0.4, -0.2) is 12.6 Å². The van der Waals surface area contributed by atoms with Crippen LogP contribution in [0.5, 0.6) is 5.75 Å². The van der Waals surface area contributed by atoms with Crippen molar-refractivity contribution in [3.8, 4) is 5.75 Å². The molecule has 0 radical (unpaired) electrons. The van der Waals surface area contributed by atoms with Crippen molar-refractivity contribution in [1.82, 2.24) is 0 Å². The molecule has 2 nitrogen and oxygen atoms in total. The van der Waals surface area contributed by atoms with E-state index >= 15 is 0 Å². The number of hydrogen-bond donors (Lipinski definition) is 1. The maximum absolute atomic E-state index is 5.72. The molecular weight excluding hydrogens is 210 g/mol. The molecule has 0 aliphatic heterocycles. The zero-order valence-corrected chi connectivity index (χ0v) is 11.2. The largest absolute Gasteiger partial charge is 0.491 e. The van der Waals surface area contributed by atoms with Gasteiger partial charge in [0, 0.05) is 6.54 Å². The first kappa shape index (κ1) is 13.8. The molecule has 1 aromatic rings. The lowest BCUT2D eigenvalue weighted by molar-refractivity contribution is 0.242. The number of ether oxygens (including phenoxy) is 1. The molecule has 0 saturated carbocycles. The van der Waals surface area contributed by atoms with E-state index in [2.05, 4.69) is 32.1 Å². The van der Waals surface area contributed by atoms with Gasteiger partial charge in [0.05, 0.1) is 6.10 Å². The monoisotopic (exact) mass is 233 g/mol. The van der Waals surface area contributed by atoms with Gasteiger partial charge in [-0.1, -0.05) is 37.6 Å². The van der Waals surface area contributed by atoms with Crippen LogP contribution in [0.4, 0.5) is 0 Å². The molecule has 17 heavy (non-hydrogen) atoms. The lowest BCUT2D eigenvalue weighted by atomic mass is 10.0. The highest BCUT2D eigenvalue weighted by Crippen LogP contribution is 2.18. The van der Waals surface area contributed by atoms with E-state index in [1.54, 1.807) is 0 Å². The van der Waals surface area contributed by atoms with E-state index in [9.17, 15) is 0 Å². The molecule has 1 rings (SSSR count). The molecule has 2 heteroatoms. The van der Waals surface area contributed by atoms with Gasteiger partial charge in [-0.3, -0.25) is 0 Å². The molecule has 0 aliphatic rings. The van der Waals surface area contributed by atoms with Crippen molar-refractivity contribution in [3.63, 3.8) is 0 Å². The maximum atomic E-state index is 5.72. The van der Waals surface area contributed by atoms with Crippen LogP contribution < -0.4 is 10.5 Å². The molecular formula is C15H23NO. The SMILES string of the molecule is CC(C)Oc1ccc(C=C(CN)C(C)C)cc1. The molecule has 0 amide bonds. The number of hydrogen-bond acceptors (Lipinski definition) is 2. The summed E-state index contributed by atoms with van der Waals surface area (Å²) in [6.07, 6.45) is 2.37. The summed E-state index contributed by atoms with van der Waals surface area (Å²) in [6.45, 7) is 8.99. The fourth-order valence-electron chi connectivity index (χ4n) is 1.59. The van der Waals surface area contributed by atoms with Crippen LogP contribution in [0.1, 0.15) is 33.3 Å². The zero-order chi connectivity index (χ0) is 12.8. The third-order valence-corrected chi connectivity index (χ3v) is 2.58. The van der Waals surface area contributed by atoms with Gasteiger partial charge in [-0.2, -0.15) is 0 Å². The van der Waals surface area contributed by atoms with Gasteiger partial charge in [-0.25, -0.2) is 0 Å². The van der Waals surface area contributed by atoms with Crippen LogP contribution in [0.3, 0.4) is 0 Å². The predicted octanol–water partition coefficient (Wildman–Crippen LogP) is 3.47. The van der Waals surface area contributed by atoms with Crippen molar-refractivity contribution < 1.29 is 4.74 Å². The van der Waals surface area contributed by atoms with Gasteiger partial charge in [0.2, 0.25) is 0 Å². The Morgan fingerprint density at radius 3 is 2.18 bits per heavy atom. The lowest BCUT2D eigenvalue weighted by Crippen LogP contribution is -2.08. The van der Waals surface area contributed by atoms with Gasteiger partial charge in [0.25, 0.3) is 0 Å². The first-order valence-electron chi connectivity index (χ1n) is 6.20. The van der Waals surface area contributed by atoms with Crippen LogP contribution in [-0.2, 0) is 0 Å². The summed E-state index contributed by atoms with van der Waals surface area (Å²) in [5.74, 6) is 1.41. The summed E-state index contributed by atoms with van der Waals surface area (Å²) in [5, 5.41) is 0. The molecule has 2 N–H and O–H groups in total. The van der Waals surface area contributed by atoms with Crippen LogP contribution in [0.2, 0.25) is 0 Å². The highest BCUT2D eigenvalue weighted by atomic mass is 16.5. The van der Waals surface area contributed by atoms with Gasteiger partial charge >= 0.3 is 0 Å². The Morgan fingerprint density at radius 2 is 1.76 bits per heavy atom. The minimum atomic E-state index is 0.214. The average molecular weight is 233 g/mol. The van der Waals surface area contributed by atoms with E-state index < -0.39 is 0 Å². The third kappa shape index (κ3) is 4.61. The third-order valence-electron chi connectivity index (χ3n) is 2.58. The Bertz CT molecular complexity index is 363. The summed E-state index contributed by atoms with van der Waals surface area (Å²) in [4.78, 5) is 0. The molecule has 0 fully saturated rings. The van der Waals surface area contributed by atoms with Crippen LogP contribution in [0, 0.1) is 5.92 Å². The second kappa shape index (κ2) is 6.45. The van der Waals surface area contributed by atoms with Crippen molar-refractivity contribution in [2.75, 3.05) is 6.54 Å². The van der Waals surface area contributed by atoms with Gasteiger partial charge in [0.1, 0.15) is 5.75 Å². The Hall–Kier alpha value is -1.28. The van der Waals surface area contributed by atoms with E-state index in [0.717, 1.165) is 5.75 Å². The minimum Gasteiger partial charge on any atom is -0.491 e. The van der Waals surface area contributed by atoms with Gasteiger partial charge < -0.3 is 10.5 Å². The molecule has 0 spiro atoms. The van der Waals surface area contributed by atoms with Crippen molar-refractivity contribution in [2.45, 2.75) is 33.8 Å². The zero-order valence-electron chi connectivity index (χ0n) is 11.2. The Labute approximate surface area is 104 Å². The highest BCUT2D eigenvalue weighted by Gasteiger charge is 2.01. The topological polar surface area (TPSA) is 35.2 Å². The normalized spacial score (nSPS) is 12.3. The Balaban J connectivity index is 2.80. The standard InChI is InChI=1S/C15H23NO/c1-11(2)14(10-16)9-13-5-7-15(8-6-13)17-12(3)4/h5-9,11-12H,10,16H2,1-4H3. The minimum absolute atomic E-state index is 0.214. The molecule has 0 bridgehead atoms. The number of nitrogens with two attached hydrogens (primary N) is 1. The summed E-state index contributed by atoms with van der Waals surface area (Å²) in [7, 11) is 0. The van der Waals surface area contributed by atoms with E-state index in [1.807, 2.05) is 26.0 Å². The second-order valence-corrected chi connectivity index (χ2v) is 4.81. The summed E-state index contributed by atoms with van der Waals surface area (Å²) >= 11 is 0. The Kier molecular flexibility index (Phi) is 5.23. The van der Waals surface area contributed by atoms with Crippen molar-refractivity contribution in [2.24, 2.45) is 11.7 Å². The molecule has 0 aromatic heterocycles. The summed E-state index contributed by atoms with van der Waals surface area (Å²) < 4.78 is 5.60. The second-order valence-electron chi connectivity index (χ2n) is 4.81. The number of benzene rings is 1. The van der Waals surface area contributed by atoms with E-state index in [0.29, 0.717) is 12.5 Å². The molecule has 1 aromatic carbocycles. The lowest BCUT2D eigenvalue weighted by Gasteiger charge is -2.11. The van der Waals surface area contributed by atoms with Crippen LogP contribution >= 0.6 is 0 Å². The van der Waals surface area contributed by atoms with E-state index in [4.69, 9.17) is 10.5 Å². The quantitative estimate of drug-likeness (QED) is 0.845. The van der Waals surface area contributed by atoms with E-state index in [-0.39, 0.29) is 6.10 Å². The molecule has 94 valence electrons. The average Bonchev–Trinajstić information content (AvgIpc) is 2.26. The van der Waals surface area contributed by atoms with Gasteiger partial charge in [-0.15, -0.1) is 0 Å². The molecule has 0 atom stereocenters. The van der Waals surface area contributed by atoms with E-state index in [1.165, 1.54) is 11.1 Å².